The molecule has 1 N–H and O–H groups in total. The van der Waals surface area contributed by atoms with Crippen LogP contribution in [0.25, 0.3) is 0 Å². The molecule has 0 fully saturated rings. The molecule has 1 heterocycles. The molecule has 0 saturated heterocycles. The van der Waals surface area contributed by atoms with Crippen LogP contribution in [0.2, 0.25) is 0 Å². The minimum Gasteiger partial charge on any atom is -0.459 e. The molecule has 0 bridgehead atoms. The zero-order chi connectivity index (χ0) is 14.5. The van der Waals surface area contributed by atoms with Crippen LogP contribution in [0, 0.1) is 0 Å². The number of hydrogen-bond acceptors (Lipinski definition) is 4. The summed E-state index contributed by atoms with van der Waals surface area (Å²) in [5.74, 6) is -0.582. The molecule has 0 aliphatic heterocycles. The fourth-order valence-corrected chi connectivity index (χ4v) is 2.23. The molecule has 0 unspecified atom stereocenters. The summed E-state index contributed by atoms with van der Waals surface area (Å²) in [4.78, 5) is 24.3. The summed E-state index contributed by atoms with van der Waals surface area (Å²) in [6, 6.07) is 10.3. The molecule has 1 amide bonds. The maximum atomic E-state index is 11.9. The van der Waals surface area contributed by atoms with E-state index >= 15 is 0 Å². The molecule has 4 nitrogen and oxygen atoms in total. The number of hydrogen-bond donors (Lipinski definition) is 1. The van der Waals surface area contributed by atoms with Gasteiger partial charge in [0, 0.05) is 5.69 Å². The lowest BCUT2D eigenvalue weighted by Crippen LogP contribution is -2.13. The van der Waals surface area contributed by atoms with Crippen molar-refractivity contribution < 1.29 is 14.3 Å². The van der Waals surface area contributed by atoms with E-state index in [0.717, 1.165) is 0 Å². The Morgan fingerprint density at radius 2 is 2.00 bits per heavy atom. The minimum absolute atomic E-state index is 0.174. The number of esters is 1. The van der Waals surface area contributed by atoms with Gasteiger partial charge in [0.05, 0.1) is 16.5 Å². The molecule has 0 saturated carbocycles. The van der Waals surface area contributed by atoms with Gasteiger partial charge < -0.3 is 10.1 Å². The smallest absolute Gasteiger partial charge is 0.338 e. The predicted molar refractivity (Wildman–Crippen MR) is 79.3 cm³/mol. The van der Waals surface area contributed by atoms with Crippen molar-refractivity contribution in [3.05, 3.63) is 52.2 Å². The van der Waals surface area contributed by atoms with Crippen LogP contribution in [0.1, 0.15) is 33.9 Å². The Hall–Kier alpha value is -2.14. The summed E-state index contributed by atoms with van der Waals surface area (Å²) >= 11 is 1.37. The Morgan fingerprint density at radius 1 is 1.20 bits per heavy atom. The van der Waals surface area contributed by atoms with Gasteiger partial charge >= 0.3 is 5.97 Å². The van der Waals surface area contributed by atoms with E-state index < -0.39 is 5.97 Å². The summed E-state index contributed by atoms with van der Waals surface area (Å²) in [7, 11) is 0. The monoisotopic (exact) mass is 289 g/mol. The molecule has 0 spiro atoms. The number of nitrogens with one attached hydrogen (secondary N) is 1. The molecular weight excluding hydrogens is 274 g/mol. The van der Waals surface area contributed by atoms with Crippen LogP contribution >= 0.6 is 11.3 Å². The summed E-state index contributed by atoms with van der Waals surface area (Å²) in [6.07, 6.45) is -0.174. The van der Waals surface area contributed by atoms with E-state index in [9.17, 15) is 9.59 Å². The third-order valence-electron chi connectivity index (χ3n) is 2.44. The second-order valence-corrected chi connectivity index (χ2v) is 5.41. The van der Waals surface area contributed by atoms with Crippen molar-refractivity contribution in [3.8, 4) is 0 Å². The van der Waals surface area contributed by atoms with Crippen LogP contribution < -0.4 is 5.32 Å². The van der Waals surface area contributed by atoms with Crippen molar-refractivity contribution in [2.24, 2.45) is 0 Å². The summed E-state index contributed by atoms with van der Waals surface area (Å²) in [6.45, 7) is 3.58. The highest BCUT2D eigenvalue weighted by Crippen LogP contribution is 2.15. The average molecular weight is 289 g/mol. The summed E-state index contributed by atoms with van der Waals surface area (Å²) in [5, 5.41) is 4.60. The zero-order valence-electron chi connectivity index (χ0n) is 11.3. The first-order chi connectivity index (χ1) is 9.56. The van der Waals surface area contributed by atoms with Crippen LogP contribution in [0.4, 0.5) is 5.69 Å². The SMILES string of the molecule is CC(C)OC(=O)c1cccc(NC(=O)c2cccs2)c1. The van der Waals surface area contributed by atoms with E-state index in [4.69, 9.17) is 4.74 Å². The molecule has 1 aromatic carbocycles. The molecule has 0 aliphatic carbocycles. The lowest BCUT2D eigenvalue weighted by molar-refractivity contribution is 0.0378. The standard InChI is InChI=1S/C15H15NO3S/c1-10(2)19-15(18)11-5-3-6-12(9-11)16-14(17)13-7-4-8-20-13/h3-10H,1-2H3,(H,16,17). The number of carbonyl (C=O) groups excluding carboxylic acids is 2. The Bertz CT molecular complexity index is 605. The van der Waals surface area contributed by atoms with Gasteiger partial charge in [-0.25, -0.2) is 4.79 Å². The molecule has 2 rings (SSSR count). The van der Waals surface area contributed by atoms with Crippen LogP contribution in [0.5, 0.6) is 0 Å². The first kappa shape index (κ1) is 14.3. The fraction of sp³-hybridized carbons (Fsp3) is 0.200. The number of thiophene rings is 1. The first-order valence-electron chi connectivity index (χ1n) is 6.22. The fourth-order valence-electron chi connectivity index (χ4n) is 1.61. The zero-order valence-corrected chi connectivity index (χ0v) is 12.1. The highest BCUT2D eigenvalue weighted by atomic mass is 32.1. The van der Waals surface area contributed by atoms with E-state index in [1.807, 2.05) is 11.4 Å². The van der Waals surface area contributed by atoms with Gasteiger partial charge in [-0.2, -0.15) is 0 Å². The van der Waals surface area contributed by atoms with E-state index in [1.54, 1.807) is 44.2 Å². The topological polar surface area (TPSA) is 55.4 Å². The summed E-state index contributed by atoms with van der Waals surface area (Å²) < 4.78 is 5.12. The molecule has 5 heteroatoms. The third-order valence-corrected chi connectivity index (χ3v) is 3.31. The minimum atomic E-state index is -0.396. The Kier molecular flexibility index (Phi) is 4.53. The maximum absolute atomic E-state index is 11.9. The van der Waals surface area contributed by atoms with Crippen LogP contribution in [-0.2, 0) is 4.74 Å². The molecule has 0 atom stereocenters. The van der Waals surface area contributed by atoms with Gasteiger partial charge in [-0.1, -0.05) is 12.1 Å². The third kappa shape index (κ3) is 3.68. The number of carbonyl (C=O) groups is 2. The number of benzene rings is 1. The van der Waals surface area contributed by atoms with Crippen LogP contribution in [-0.4, -0.2) is 18.0 Å². The highest BCUT2D eigenvalue weighted by Gasteiger charge is 2.11. The number of amides is 1. The summed E-state index contributed by atoms with van der Waals surface area (Å²) in [5.41, 5.74) is 0.990. The van der Waals surface area contributed by atoms with Crippen molar-refractivity contribution in [1.29, 1.82) is 0 Å². The van der Waals surface area contributed by atoms with Crippen molar-refractivity contribution >= 4 is 28.9 Å². The quantitative estimate of drug-likeness (QED) is 0.875. The Balaban J connectivity index is 2.10. The maximum Gasteiger partial charge on any atom is 0.338 e. The molecule has 0 radical (unpaired) electrons. The van der Waals surface area contributed by atoms with Gasteiger partial charge in [-0.05, 0) is 43.5 Å². The molecule has 104 valence electrons. The Morgan fingerprint density at radius 3 is 2.65 bits per heavy atom. The number of rotatable bonds is 4. The van der Waals surface area contributed by atoms with Crippen molar-refractivity contribution in [2.45, 2.75) is 20.0 Å². The molecule has 0 aliphatic rings. The number of ether oxygens (including phenoxy) is 1. The normalized spacial score (nSPS) is 10.3. The second-order valence-electron chi connectivity index (χ2n) is 4.47. The number of anilines is 1. The van der Waals surface area contributed by atoms with E-state index in [0.29, 0.717) is 16.1 Å². The van der Waals surface area contributed by atoms with Crippen molar-refractivity contribution in [2.75, 3.05) is 5.32 Å². The average Bonchev–Trinajstić information content (AvgIpc) is 2.92. The molecule has 20 heavy (non-hydrogen) atoms. The highest BCUT2D eigenvalue weighted by molar-refractivity contribution is 7.12. The van der Waals surface area contributed by atoms with Crippen LogP contribution in [0.15, 0.2) is 41.8 Å². The van der Waals surface area contributed by atoms with Gasteiger partial charge in [0.1, 0.15) is 0 Å². The Labute approximate surface area is 121 Å². The molecule has 2 aromatic rings. The van der Waals surface area contributed by atoms with E-state index in [-0.39, 0.29) is 12.0 Å². The predicted octanol–water partition coefficient (Wildman–Crippen LogP) is 3.57. The molecular formula is C15H15NO3S. The van der Waals surface area contributed by atoms with Gasteiger partial charge in [-0.15, -0.1) is 11.3 Å². The lowest BCUT2D eigenvalue weighted by Gasteiger charge is -2.09. The van der Waals surface area contributed by atoms with Crippen molar-refractivity contribution in [1.82, 2.24) is 0 Å². The van der Waals surface area contributed by atoms with Crippen molar-refractivity contribution in [3.63, 3.8) is 0 Å². The largest absolute Gasteiger partial charge is 0.459 e. The van der Waals surface area contributed by atoms with Gasteiger partial charge in [0.15, 0.2) is 0 Å². The van der Waals surface area contributed by atoms with Crippen LogP contribution in [0.3, 0.4) is 0 Å². The van der Waals surface area contributed by atoms with E-state index in [2.05, 4.69) is 5.32 Å². The lowest BCUT2D eigenvalue weighted by atomic mass is 10.2. The van der Waals surface area contributed by atoms with Gasteiger partial charge in [0.2, 0.25) is 0 Å². The first-order valence-corrected chi connectivity index (χ1v) is 7.10. The van der Waals surface area contributed by atoms with E-state index in [1.165, 1.54) is 11.3 Å². The second kappa shape index (κ2) is 6.34. The van der Waals surface area contributed by atoms with Gasteiger partial charge in [-0.3, -0.25) is 4.79 Å². The molecule has 1 aromatic heterocycles. The van der Waals surface area contributed by atoms with Gasteiger partial charge in [0.25, 0.3) is 5.91 Å².